The Bertz CT molecular complexity index is 555. The second-order valence-electron chi connectivity index (χ2n) is 4.07. The highest BCUT2D eigenvalue weighted by atomic mass is 35.5. The molecule has 5 heteroatoms. The molecule has 0 aliphatic rings. The maximum absolute atomic E-state index is 6.07. The van der Waals surface area contributed by atoms with Crippen LogP contribution in [0.1, 0.15) is 24.2 Å². The molecule has 1 unspecified atom stereocenters. The normalized spacial score (nSPS) is 12.4. The quantitative estimate of drug-likeness (QED) is 0.881. The summed E-state index contributed by atoms with van der Waals surface area (Å²) >= 11 is 17.9. The third kappa shape index (κ3) is 3.61. The van der Waals surface area contributed by atoms with E-state index in [1.54, 1.807) is 12.3 Å². The van der Waals surface area contributed by atoms with Crippen molar-refractivity contribution in [2.24, 2.45) is 0 Å². The van der Waals surface area contributed by atoms with Gasteiger partial charge in [0.25, 0.3) is 0 Å². The third-order valence-electron chi connectivity index (χ3n) is 2.73. The third-order valence-corrected chi connectivity index (χ3v) is 3.69. The minimum atomic E-state index is -0.0305. The molecule has 0 saturated carbocycles. The summed E-state index contributed by atoms with van der Waals surface area (Å²) in [7, 11) is 0. The molecule has 1 heterocycles. The SMILES string of the molecule is CCNC(c1ccc(Cl)c(Cl)c1)c1ccc(Cl)cn1. The first-order chi connectivity index (χ1) is 9.11. The van der Waals surface area contributed by atoms with Crippen LogP contribution in [0, 0.1) is 0 Å². The van der Waals surface area contributed by atoms with Crippen LogP contribution < -0.4 is 5.32 Å². The average Bonchev–Trinajstić information content (AvgIpc) is 2.41. The lowest BCUT2D eigenvalue weighted by Gasteiger charge is -2.18. The van der Waals surface area contributed by atoms with Crippen LogP contribution >= 0.6 is 34.8 Å². The molecule has 0 fully saturated rings. The zero-order chi connectivity index (χ0) is 13.8. The van der Waals surface area contributed by atoms with Crippen molar-refractivity contribution in [1.82, 2.24) is 10.3 Å². The van der Waals surface area contributed by atoms with E-state index in [2.05, 4.69) is 10.3 Å². The summed E-state index contributed by atoms with van der Waals surface area (Å²) in [5.74, 6) is 0. The van der Waals surface area contributed by atoms with E-state index in [0.717, 1.165) is 17.8 Å². The molecule has 0 aliphatic heterocycles. The van der Waals surface area contributed by atoms with E-state index in [-0.39, 0.29) is 6.04 Å². The van der Waals surface area contributed by atoms with Crippen molar-refractivity contribution in [2.75, 3.05) is 6.54 Å². The molecule has 0 radical (unpaired) electrons. The number of aromatic nitrogens is 1. The fourth-order valence-corrected chi connectivity index (χ4v) is 2.27. The van der Waals surface area contributed by atoms with E-state index in [1.807, 2.05) is 31.2 Å². The van der Waals surface area contributed by atoms with E-state index >= 15 is 0 Å². The van der Waals surface area contributed by atoms with E-state index in [9.17, 15) is 0 Å². The Morgan fingerprint density at radius 3 is 2.47 bits per heavy atom. The summed E-state index contributed by atoms with van der Waals surface area (Å²) in [4.78, 5) is 4.36. The van der Waals surface area contributed by atoms with E-state index in [4.69, 9.17) is 34.8 Å². The lowest BCUT2D eigenvalue weighted by molar-refractivity contribution is 0.615. The molecule has 19 heavy (non-hydrogen) atoms. The predicted molar refractivity (Wildman–Crippen MR) is 81.2 cm³/mol. The van der Waals surface area contributed by atoms with Gasteiger partial charge in [-0.2, -0.15) is 0 Å². The van der Waals surface area contributed by atoms with Crippen LogP contribution in [0.25, 0.3) is 0 Å². The number of nitrogens with zero attached hydrogens (tertiary/aromatic N) is 1. The molecule has 0 spiro atoms. The number of halogens is 3. The fraction of sp³-hybridized carbons (Fsp3) is 0.214. The summed E-state index contributed by atoms with van der Waals surface area (Å²) in [6.45, 7) is 2.86. The molecule has 0 amide bonds. The first kappa shape index (κ1) is 14.6. The van der Waals surface area contributed by atoms with Crippen molar-refractivity contribution in [1.29, 1.82) is 0 Å². The van der Waals surface area contributed by atoms with Crippen molar-refractivity contribution in [3.05, 3.63) is 62.9 Å². The molecule has 2 nitrogen and oxygen atoms in total. The van der Waals surface area contributed by atoms with E-state index in [0.29, 0.717) is 15.1 Å². The molecule has 1 atom stereocenters. The van der Waals surface area contributed by atoms with Crippen LogP contribution in [0.4, 0.5) is 0 Å². The summed E-state index contributed by atoms with van der Waals surface area (Å²) in [6, 6.07) is 9.28. The first-order valence-corrected chi connectivity index (χ1v) is 7.05. The van der Waals surface area contributed by atoms with Crippen molar-refractivity contribution in [3.8, 4) is 0 Å². The second-order valence-corrected chi connectivity index (χ2v) is 5.32. The topological polar surface area (TPSA) is 24.9 Å². The number of hydrogen-bond donors (Lipinski definition) is 1. The van der Waals surface area contributed by atoms with Gasteiger partial charge in [-0.15, -0.1) is 0 Å². The largest absolute Gasteiger partial charge is 0.305 e. The Kier molecular flexibility index (Phi) is 5.06. The maximum atomic E-state index is 6.07. The zero-order valence-corrected chi connectivity index (χ0v) is 12.6. The van der Waals surface area contributed by atoms with Crippen molar-refractivity contribution in [3.63, 3.8) is 0 Å². The first-order valence-electron chi connectivity index (χ1n) is 5.91. The minimum absolute atomic E-state index is 0.0305. The summed E-state index contributed by atoms with van der Waals surface area (Å²) in [5, 5.41) is 5.08. The molecule has 2 rings (SSSR count). The van der Waals surface area contributed by atoms with Gasteiger partial charge in [-0.1, -0.05) is 47.8 Å². The van der Waals surface area contributed by atoms with Crippen LogP contribution in [0.2, 0.25) is 15.1 Å². The molecule has 0 aliphatic carbocycles. The zero-order valence-electron chi connectivity index (χ0n) is 10.3. The van der Waals surface area contributed by atoms with Crippen LogP contribution in [0.3, 0.4) is 0 Å². The summed E-state index contributed by atoms with van der Waals surface area (Å²) < 4.78 is 0. The Labute approximate surface area is 127 Å². The maximum Gasteiger partial charge on any atom is 0.0751 e. The molecule has 1 N–H and O–H groups in total. The van der Waals surface area contributed by atoms with Crippen molar-refractivity contribution >= 4 is 34.8 Å². The Hall–Kier alpha value is -0.800. The van der Waals surface area contributed by atoms with Gasteiger partial charge >= 0.3 is 0 Å². The van der Waals surface area contributed by atoms with Gasteiger partial charge in [-0.3, -0.25) is 4.98 Å². The molecule has 1 aromatic heterocycles. The van der Waals surface area contributed by atoms with Gasteiger partial charge < -0.3 is 5.32 Å². The fourth-order valence-electron chi connectivity index (χ4n) is 1.85. The van der Waals surface area contributed by atoms with Gasteiger partial charge in [-0.25, -0.2) is 0 Å². The van der Waals surface area contributed by atoms with E-state index in [1.165, 1.54) is 0 Å². The van der Waals surface area contributed by atoms with Crippen molar-refractivity contribution < 1.29 is 0 Å². The number of rotatable bonds is 4. The molecule has 0 saturated heterocycles. The molecular weight excluding hydrogens is 303 g/mol. The van der Waals surface area contributed by atoms with Gasteiger partial charge in [0, 0.05) is 6.20 Å². The monoisotopic (exact) mass is 314 g/mol. The van der Waals surface area contributed by atoms with Crippen LogP contribution in [0.15, 0.2) is 36.5 Å². The van der Waals surface area contributed by atoms with Gasteiger partial charge in [0.1, 0.15) is 0 Å². The highest BCUT2D eigenvalue weighted by molar-refractivity contribution is 6.42. The molecule has 2 aromatic rings. The highest BCUT2D eigenvalue weighted by Gasteiger charge is 2.15. The molecule has 100 valence electrons. The van der Waals surface area contributed by atoms with Crippen molar-refractivity contribution in [2.45, 2.75) is 13.0 Å². The molecule has 1 aromatic carbocycles. The summed E-state index contributed by atoms with van der Waals surface area (Å²) in [5.41, 5.74) is 1.91. The van der Waals surface area contributed by atoms with Gasteiger partial charge in [0.05, 0.1) is 26.8 Å². The van der Waals surface area contributed by atoms with Crippen LogP contribution in [-0.2, 0) is 0 Å². The van der Waals surface area contributed by atoms with Gasteiger partial charge in [0.15, 0.2) is 0 Å². The second kappa shape index (κ2) is 6.58. The van der Waals surface area contributed by atoms with Gasteiger partial charge in [0.2, 0.25) is 0 Å². The number of nitrogens with one attached hydrogen (secondary N) is 1. The Morgan fingerprint density at radius 2 is 1.89 bits per heavy atom. The highest BCUT2D eigenvalue weighted by Crippen LogP contribution is 2.28. The number of hydrogen-bond acceptors (Lipinski definition) is 2. The standard InChI is InChI=1S/C14H13Cl3N2/c1-2-18-14(13-6-4-10(15)8-19-13)9-3-5-11(16)12(17)7-9/h3-8,14,18H,2H2,1H3. The Morgan fingerprint density at radius 1 is 1.11 bits per heavy atom. The lowest BCUT2D eigenvalue weighted by Crippen LogP contribution is -2.22. The number of benzene rings is 1. The average molecular weight is 316 g/mol. The smallest absolute Gasteiger partial charge is 0.0751 e. The van der Waals surface area contributed by atoms with E-state index < -0.39 is 0 Å². The predicted octanol–water partition coefficient (Wildman–Crippen LogP) is 4.74. The van der Waals surface area contributed by atoms with Crippen LogP contribution in [-0.4, -0.2) is 11.5 Å². The number of pyridine rings is 1. The van der Waals surface area contributed by atoms with Crippen LogP contribution in [0.5, 0.6) is 0 Å². The summed E-state index contributed by atoms with van der Waals surface area (Å²) in [6.07, 6.45) is 1.64. The van der Waals surface area contributed by atoms with Gasteiger partial charge in [-0.05, 0) is 36.4 Å². The Balaban J connectivity index is 2.38. The molecular formula is C14H13Cl3N2. The minimum Gasteiger partial charge on any atom is -0.305 e. The molecule has 0 bridgehead atoms. The lowest BCUT2D eigenvalue weighted by atomic mass is 10.0.